The molecule has 6 aromatic rings. The minimum absolute atomic E-state index is 0.554. The fourth-order valence-corrected chi connectivity index (χ4v) is 5.91. The van der Waals surface area contributed by atoms with Crippen molar-refractivity contribution in [2.45, 2.75) is 12.3 Å². The Morgan fingerprint density at radius 2 is 1.26 bits per heavy atom. The van der Waals surface area contributed by atoms with Crippen molar-refractivity contribution in [2.75, 3.05) is 0 Å². The maximum absolute atomic E-state index is 6.48. The van der Waals surface area contributed by atoms with E-state index in [0.717, 1.165) is 39.7 Å². The number of aromatic nitrogens is 2. The molecule has 0 saturated heterocycles. The van der Waals surface area contributed by atoms with Crippen molar-refractivity contribution in [2.24, 2.45) is 0 Å². The summed E-state index contributed by atoms with van der Waals surface area (Å²) in [7, 11) is 0. The predicted octanol–water partition coefficient (Wildman–Crippen LogP) is 8.61. The maximum Gasteiger partial charge on any atom is 0.128 e. The number of rotatable bonds is 5. The molecule has 0 amide bonds. The second kappa shape index (κ2) is 9.38. The highest BCUT2D eigenvalue weighted by Crippen LogP contribution is 2.55. The Balaban J connectivity index is 1.37. The molecular weight excluding hydrogens is 476 g/mol. The first-order valence-corrected chi connectivity index (χ1v) is 13.2. The van der Waals surface area contributed by atoms with Crippen molar-refractivity contribution >= 4 is 0 Å². The van der Waals surface area contributed by atoms with Crippen LogP contribution in [0.4, 0.5) is 0 Å². The molecule has 0 N–H and O–H groups in total. The van der Waals surface area contributed by atoms with Crippen LogP contribution >= 0.6 is 0 Å². The number of hydrogen-bond donors (Lipinski definition) is 0. The van der Waals surface area contributed by atoms with Crippen LogP contribution in [-0.4, -0.2) is 9.97 Å². The van der Waals surface area contributed by atoms with Gasteiger partial charge in [0, 0.05) is 17.5 Å². The summed E-state index contributed by atoms with van der Waals surface area (Å²) < 4.78 is 6.48. The van der Waals surface area contributed by atoms with Crippen molar-refractivity contribution < 1.29 is 4.74 Å². The van der Waals surface area contributed by atoms with Crippen LogP contribution in [0.3, 0.4) is 0 Å². The van der Waals surface area contributed by atoms with E-state index in [1.165, 1.54) is 22.3 Å². The van der Waals surface area contributed by atoms with Crippen LogP contribution in [0.5, 0.6) is 11.5 Å². The summed E-state index contributed by atoms with van der Waals surface area (Å²) in [6.07, 6.45) is 1.88. The molecule has 1 aliphatic carbocycles. The Morgan fingerprint density at radius 3 is 1.97 bits per heavy atom. The first kappa shape index (κ1) is 23.1. The molecule has 3 heteroatoms. The van der Waals surface area contributed by atoms with Gasteiger partial charge in [-0.25, -0.2) is 0 Å². The highest BCUT2D eigenvalue weighted by molar-refractivity contribution is 5.85. The van der Waals surface area contributed by atoms with Crippen LogP contribution < -0.4 is 4.74 Å². The lowest BCUT2D eigenvalue weighted by molar-refractivity contribution is 0.481. The number of fused-ring (bicyclic) bond motifs is 3. The number of benzene rings is 4. The minimum atomic E-state index is -0.554. The van der Waals surface area contributed by atoms with Gasteiger partial charge in [-0.1, -0.05) is 84.9 Å². The summed E-state index contributed by atoms with van der Waals surface area (Å²) in [5.41, 5.74) is 9.44. The van der Waals surface area contributed by atoms with Gasteiger partial charge in [-0.2, -0.15) is 0 Å². The Kier molecular flexibility index (Phi) is 5.56. The van der Waals surface area contributed by atoms with Crippen LogP contribution in [0.1, 0.15) is 28.1 Å². The summed E-state index contributed by atoms with van der Waals surface area (Å²) in [5, 5.41) is 0. The zero-order valence-electron chi connectivity index (χ0n) is 21.6. The fourth-order valence-electron chi connectivity index (χ4n) is 5.91. The minimum Gasteiger partial charge on any atom is -0.457 e. The molecule has 4 aromatic carbocycles. The van der Waals surface area contributed by atoms with Gasteiger partial charge in [-0.15, -0.1) is 0 Å². The van der Waals surface area contributed by atoms with Crippen molar-refractivity contribution in [3.63, 3.8) is 0 Å². The molecule has 0 atom stereocenters. The van der Waals surface area contributed by atoms with Gasteiger partial charge in [-0.05, 0) is 83.3 Å². The molecule has 0 saturated carbocycles. The average molecular weight is 503 g/mol. The highest BCUT2D eigenvalue weighted by Gasteiger charge is 2.47. The Hall–Kier alpha value is -5.02. The summed E-state index contributed by atoms with van der Waals surface area (Å²) in [4.78, 5) is 9.61. The standard InChI is InChI=1S/C36H26N2O/c1-25-11-8-20-34(38-25)26-12-9-14-28(23-26)39-29-15-10-13-27(24-29)36(35-21-6-7-22-37-35)32-18-4-2-16-30(32)31-17-3-5-19-33(31)36/h2-24H,1H3. The van der Waals surface area contributed by atoms with E-state index >= 15 is 0 Å². The van der Waals surface area contributed by atoms with E-state index in [4.69, 9.17) is 9.72 Å². The van der Waals surface area contributed by atoms with E-state index in [-0.39, 0.29) is 0 Å². The summed E-state index contributed by atoms with van der Waals surface area (Å²) in [6.45, 7) is 2.01. The van der Waals surface area contributed by atoms with Gasteiger partial charge in [0.2, 0.25) is 0 Å². The van der Waals surface area contributed by atoms with Gasteiger partial charge < -0.3 is 4.74 Å². The quantitative estimate of drug-likeness (QED) is 0.236. The normalized spacial score (nSPS) is 12.9. The first-order chi connectivity index (χ1) is 19.2. The molecule has 0 aliphatic heterocycles. The van der Waals surface area contributed by atoms with E-state index in [1.54, 1.807) is 0 Å². The molecule has 0 unspecified atom stereocenters. The monoisotopic (exact) mass is 502 g/mol. The Morgan fingerprint density at radius 1 is 0.590 bits per heavy atom. The second-order valence-corrected chi connectivity index (χ2v) is 9.88. The Labute approximate surface area is 228 Å². The molecule has 2 aromatic heterocycles. The molecule has 1 aliphatic rings. The third kappa shape index (κ3) is 3.82. The van der Waals surface area contributed by atoms with Crippen molar-refractivity contribution in [3.05, 3.63) is 168 Å². The SMILES string of the molecule is Cc1cccc(-c2cccc(Oc3cccc(C4(c5ccccn5)c5ccccc5-c5ccccc54)c3)c2)n1. The first-order valence-electron chi connectivity index (χ1n) is 13.2. The van der Waals surface area contributed by atoms with E-state index in [0.29, 0.717) is 0 Å². The van der Waals surface area contributed by atoms with Crippen molar-refractivity contribution in [1.29, 1.82) is 0 Å². The topological polar surface area (TPSA) is 35.0 Å². The maximum atomic E-state index is 6.48. The van der Waals surface area contributed by atoms with E-state index in [2.05, 4.69) is 89.9 Å². The molecule has 3 nitrogen and oxygen atoms in total. The van der Waals surface area contributed by atoms with Crippen molar-refractivity contribution in [1.82, 2.24) is 9.97 Å². The van der Waals surface area contributed by atoms with Gasteiger partial charge in [0.25, 0.3) is 0 Å². The highest BCUT2D eigenvalue weighted by atomic mass is 16.5. The summed E-state index contributed by atoms with van der Waals surface area (Å²) >= 11 is 0. The summed E-state index contributed by atoms with van der Waals surface area (Å²) in [5.74, 6) is 1.55. The number of ether oxygens (including phenoxy) is 1. The van der Waals surface area contributed by atoms with E-state index in [9.17, 15) is 0 Å². The van der Waals surface area contributed by atoms with Crippen LogP contribution in [-0.2, 0) is 5.41 Å². The Bertz CT molecular complexity index is 1760. The second-order valence-electron chi connectivity index (χ2n) is 9.88. The zero-order chi connectivity index (χ0) is 26.2. The molecule has 0 radical (unpaired) electrons. The predicted molar refractivity (Wildman–Crippen MR) is 156 cm³/mol. The smallest absolute Gasteiger partial charge is 0.128 e. The van der Waals surface area contributed by atoms with Crippen molar-refractivity contribution in [3.8, 4) is 33.9 Å². The van der Waals surface area contributed by atoms with Gasteiger partial charge in [0.15, 0.2) is 0 Å². The average Bonchev–Trinajstić information content (AvgIpc) is 3.29. The van der Waals surface area contributed by atoms with Gasteiger partial charge in [0.05, 0.1) is 16.8 Å². The molecule has 0 bridgehead atoms. The molecule has 186 valence electrons. The van der Waals surface area contributed by atoms with Gasteiger partial charge >= 0.3 is 0 Å². The lowest BCUT2D eigenvalue weighted by atomic mass is 9.70. The van der Waals surface area contributed by atoms with Crippen LogP contribution in [0.25, 0.3) is 22.4 Å². The molecule has 0 fully saturated rings. The van der Waals surface area contributed by atoms with Crippen LogP contribution in [0.2, 0.25) is 0 Å². The molecule has 0 spiro atoms. The fraction of sp³-hybridized carbons (Fsp3) is 0.0556. The molecule has 2 heterocycles. The van der Waals surface area contributed by atoms with Gasteiger partial charge in [0.1, 0.15) is 11.5 Å². The third-order valence-corrected chi connectivity index (χ3v) is 7.52. The number of nitrogens with zero attached hydrogens (tertiary/aromatic N) is 2. The molecule has 7 rings (SSSR count). The number of hydrogen-bond acceptors (Lipinski definition) is 3. The number of aryl methyl sites for hydroxylation is 1. The lowest BCUT2D eigenvalue weighted by Crippen LogP contribution is -2.29. The summed E-state index contributed by atoms with van der Waals surface area (Å²) in [6, 6.07) is 46.1. The molecule has 39 heavy (non-hydrogen) atoms. The van der Waals surface area contributed by atoms with E-state index in [1.807, 2.05) is 61.7 Å². The van der Waals surface area contributed by atoms with E-state index < -0.39 is 5.41 Å². The van der Waals surface area contributed by atoms with Gasteiger partial charge in [-0.3, -0.25) is 9.97 Å². The largest absolute Gasteiger partial charge is 0.457 e. The lowest BCUT2D eigenvalue weighted by Gasteiger charge is -2.32. The van der Waals surface area contributed by atoms with Crippen LogP contribution in [0, 0.1) is 6.92 Å². The van der Waals surface area contributed by atoms with Crippen LogP contribution in [0.15, 0.2) is 140 Å². The zero-order valence-corrected chi connectivity index (χ0v) is 21.6. The molecular formula is C36H26N2O. The third-order valence-electron chi connectivity index (χ3n) is 7.52. The number of pyridine rings is 2.